The van der Waals surface area contributed by atoms with E-state index in [1.165, 1.54) is 28.8 Å². The Morgan fingerprint density at radius 1 is 1.00 bits per heavy atom. The van der Waals surface area contributed by atoms with Crippen LogP contribution in [0.3, 0.4) is 0 Å². The summed E-state index contributed by atoms with van der Waals surface area (Å²) in [6.45, 7) is 1.44. The van der Waals surface area contributed by atoms with Gasteiger partial charge in [-0.3, -0.25) is 0 Å². The number of rotatable bonds is 1. The van der Waals surface area contributed by atoms with Gasteiger partial charge in [-0.05, 0) is 42.5 Å². The van der Waals surface area contributed by atoms with Crippen molar-refractivity contribution >= 4 is 16.3 Å². The van der Waals surface area contributed by atoms with Crippen molar-refractivity contribution in [3.8, 4) is 22.6 Å². The van der Waals surface area contributed by atoms with E-state index in [4.69, 9.17) is 15.2 Å². The molecule has 0 amide bonds. The van der Waals surface area contributed by atoms with E-state index in [2.05, 4.69) is 12.1 Å². The van der Waals surface area contributed by atoms with E-state index in [9.17, 15) is 0 Å². The van der Waals surface area contributed by atoms with Gasteiger partial charge in [0, 0.05) is 16.9 Å². The SMILES string of the molecule is Nc1sc2c(c1-c1ccc3c(c1)OCCCO3)CCC2. The van der Waals surface area contributed by atoms with Crippen LogP contribution in [0.5, 0.6) is 11.5 Å². The summed E-state index contributed by atoms with van der Waals surface area (Å²) in [7, 11) is 0. The highest BCUT2D eigenvalue weighted by Crippen LogP contribution is 2.45. The van der Waals surface area contributed by atoms with Crippen LogP contribution in [0.4, 0.5) is 5.00 Å². The number of benzene rings is 1. The number of nitrogens with two attached hydrogens (primary N) is 1. The third-order valence-electron chi connectivity index (χ3n) is 3.98. The molecule has 0 unspecified atom stereocenters. The fourth-order valence-corrected chi connectivity index (χ4v) is 4.24. The van der Waals surface area contributed by atoms with Crippen LogP contribution in [0.15, 0.2) is 18.2 Å². The minimum Gasteiger partial charge on any atom is -0.490 e. The summed E-state index contributed by atoms with van der Waals surface area (Å²) in [5.41, 5.74) is 10.1. The van der Waals surface area contributed by atoms with Crippen molar-refractivity contribution in [2.75, 3.05) is 18.9 Å². The maximum absolute atomic E-state index is 6.24. The highest BCUT2D eigenvalue weighted by Gasteiger charge is 2.23. The second-order valence-electron chi connectivity index (χ2n) is 5.31. The Morgan fingerprint density at radius 3 is 2.75 bits per heavy atom. The van der Waals surface area contributed by atoms with Gasteiger partial charge in [-0.1, -0.05) is 6.07 Å². The van der Waals surface area contributed by atoms with Crippen LogP contribution in [0.2, 0.25) is 0 Å². The first-order valence-corrected chi connectivity index (χ1v) is 7.94. The van der Waals surface area contributed by atoms with E-state index in [1.54, 1.807) is 11.3 Å². The normalized spacial score (nSPS) is 16.8. The van der Waals surface area contributed by atoms with Gasteiger partial charge in [-0.15, -0.1) is 11.3 Å². The van der Waals surface area contributed by atoms with E-state index in [1.807, 2.05) is 6.07 Å². The van der Waals surface area contributed by atoms with Crippen molar-refractivity contribution in [3.63, 3.8) is 0 Å². The van der Waals surface area contributed by atoms with Crippen molar-refractivity contribution in [1.82, 2.24) is 0 Å². The van der Waals surface area contributed by atoms with Gasteiger partial charge in [0.2, 0.25) is 0 Å². The van der Waals surface area contributed by atoms with E-state index >= 15 is 0 Å². The van der Waals surface area contributed by atoms with Gasteiger partial charge >= 0.3 is 0 Å². The summed E-state index contributed by atoms with van der Waals surface area (Å²) in [6.07, 6.45) is 4.50. The molecule has 1 aliphatic heterocycles. The average molecular weight is 287 g/mol. The average Bonchev–Trinajstić information content (AvgIpc) is 2.90. The molecule has 0 spiro atoms. The minimum atomic E-state index is 0.716. The Bertz CT molecular complexity index is 663. The molecule has 0 saturated heterocycles. The van der Waals surface area contributed by atoms with Crippen LogP contribution in [-0.2, 0) is 12.8 Å². The molecule has 1 aromatic carbocycles. The molecule has 2 aromatic rings. The molecule has 1 aromatic heterocycles. The van der Waals surface area contributed by atoms with Crippen LogP contribution in [0.25, 0.3) is 11.1 Å². The molecule has 2 heterocycles. The van der Waals surface area contributed by atoms with Crippen LogP contribution in [0, 0.1) is 0 Å². The number of ether oxygens (including phenoxy) is 2. The highest BCUT2D eigenvalue weighted by molar-refractivity contribution is 7.16. The molecular formula is C16H17NO2S. The zero-order chi connectivity index (χ0) is 13.5. The Balaban J connectivity index is 1.81. The lowest BCUT2D eigenvalue weighted by atomic mass is 10.0. The van der Waals surface area contributed by atoms with E-state index in [0.29, 0.717) is 6.61 Å². The fourth-order valence-electron chi connectivity index (χ4n) is 3.06. The molecule has 20 heavy (non-hydrogen) atoms. The fraction of sp³-hybridized carbons (Fsp3) is 0.375. The molecule has 1 aliphatic carbocycles. The Hall–Kier alpha value is -1.68. The Morgan fingerprint density at radius 2 is 1.85 bits per heavy atom. The Kier molecular flexibility index (Phi) is 2.84. The standard InChI is InChI=1S/C16H17NO2S/c17-16-15(11-3-1-4-14(11)20-16)10-5-6-12-13(9-10)19-8-2-7-18-12/h5-6,9H,1-4,7-8,17H2. The van der Waals surface area contributed by atoms with Crippen molar-refractivity contribution < 1.29 is 9.47 Å². The molecule has 4 rings (SSSR count). The van der Waals surface area contributed by atoms with Gasteiger partial charge in [-0.2, -0.15) is 0 Å². The van der Waals surface area contributed by atoms with E-state index in [-0.39, 0.29) is 0 Å². The van der Waals surface area contributed by atoms with Gasteiger partial charge in [0.15, 0.2) is 11.5 Å². The zero-order valence-electron chi connectivity index (χ0n) is 11.3. The zero-order valence-corrected chi connectivity index (χ0v) is 12.1. The van der Waals surface area contributed by atoms with Gasteiger partial charge in [0.05, 0.1) is 18.2 Å². The van der Waals surface area contributed by atoms with Crippen molar-refractivity contribution in [3.05, 3.63) is 28.6 Å². The van der Waals surface area contributed by atoms with Crippen LogP contribution < -0.4 is 15.2 Å². The largest absolute Gasteiger partial charge is 0.490 e. The predicted molar refractivity (Wildman–Crippen MR) is 81.8 cm³/mol. The van der Waals surface area contributed by atoms with Crippen LogP contribution in [0.1, 0.15) is 23.3 Å². The monoisotopic (exact) mass is 287 g/mol. The first-order chi connectivity index (χ1) is 9.83. The smallest absolute Gasteiger partial charge is 0.161 e. The maximum Gasteiger partial charge on any atom is 0.161 e. The predicted octanol–water partition coefficient (Wildman–Crippen LogP) is 3.65. The summed E-state index contributed by atoms with van der Waals surface area (Å²) in [6, 6.07) is 6.19. The van der Waals surface area contributed by atoms with Gasteiger partial charge in [0.25, 0.3) is 0 Å². The number of aryl methyl sites for hydroxylation is 1. The number of thiophene rings is 1. The number of anilines is 1. The summed E-state index contributed by atoms with van der Waals surface area (Å²) in [5, 5.41) is 0.934. The van der Waals surface area contributed by atoms with Crippen molar-refractivity contribution in [2.24, 2.45) is 0 Å². The minimum absolute atomic E-state index is 0.716. The first-order valence-electron chi connectivity index (χ1n) is 7.13. The molecule has 3 nitrogen and oxygen atoms in total. The third-order valence-corrected chi connectivity index (χ3v) is 5.11. The lowest BCUT2D eigenvalue weighted by molar-refractivity contribution is 0.297. The lowest BCUT2D eigenvalue weighted by Gasteiger charge is -2.10. The second-order valence-corrected chi connectivity index (χ2v) is 6.45. The molecule has 104 valence electrons. The quantitative estimate of drug-likeness (QED) is 0.870. The second kappa shape index (κ2) is 4.70. The molecule has 2 aliphatic rings. The third kappa shape index (κ3) is 1.86. The molecule has 2 N–H and O–H groups in total. The molecule has 0 radical (unpaired) electrons. The van der Waals surface area contributed by atoms with Crippen LogP contribution >= 0.6 is 11.3 Å². The molecular weight excluding hydrogens is 270 g/mol. The molecule has 0 bridgehead atoms. The summed E-state index contributed by atoms with van der Waals surface area (Å²) >= 11 is 1.75. The van der Waals surface area contributed by atoms with Crippen molar-refractivity contribution in [1.29, 1.82) is 0 Å². The Labute approximate surface area is 122 Å². The maximum atomic E-state index is 6.24. The number of nitrogen functional groups attached to an aromatic ring is 1. The molecule has 0 saturated carbocycles. The van der Waals surface area contributed by atoms with E-state index < -0.39 is 0 Å². The highest BCUT2D eigenvalue weighted by atomic mass is 32.1. The summed E-state index contributed by atoms with van der Waals surface area (Å²) in [4.78, 5) is 1.46. The lowest BCUT2D eigenvalue weighted by Crippen LogP contribution is -1.97. The van der Waals surface area contributed by atoms with E-state index in [0.717, 1.165) is 41.5 Å². The molecule has 0 atom stereocenters. The summed E-state index contributed by atoms with van der Waals surface area (Å²) < 4.78 is 11.5. The van der Waals surface area contributed by atoms with Gasteiger partial charge in [0.1, 0.15) is 0 Å². The summed E-state index contributed by atoms with van der Waals surface area (Å²) in [5.74, 6) is 1.69. The number of fused-ring (bicyclic) bond motifs is 2. The van der Waals surface area contributed by atoms with Crippen molar-refractivity contribution in [2.45, 2.75) is 25.7 Å². The van der Waals surface area contributed by atoms with Gasteiger partial charge < -0.3 is 15.2 Å². The van der Waals surface area contributed by atoms with Crippen LogP contribution in [-0.4, -0.2) is 13.2 Å². The molecule has 4 heteroatoms. The molecule has 0 fully saturated rings. The first kappa shape index (κ1) is 12.1. The number of hydrogen-bond donors (Lipinski definition) is 1. The van der Waals surface area contributed by atoms with Gasteiger partial charge in [-0.25, -0.2) is 0 Å². The number of hydrogen-bond acceptors (Lipinski definition) is 4. The topological polar surface area (TPSA) is 44.5 Å².